The summed E-state index contributed by atoms with van der Waals surface area (Å²) in [6, 6.07) is 5.30. The normalized spacial score (nSPS) is 12.1. The third-order valence-electron chi connectivity index (χ3n) is 3.00. The van der Waals surface area contributed by atoms with Crippen molar-refractivity contribution < 1.29 is 4.79 Å². The van der Waals surface area contributed by atoms with Crippen LogP contribution in [0.4, 0.5) is 11.4 Å². The third-order valence-corrected chi connectivity index (χ3v) is 4.14. The van der Waals surface area contributed by atoms with Gasteiger partial charge in [-0.25, -0.2) is 9.89 Å². The van der Waals surface area contributed by atoms with Gasteiger partial charge in [-0.15, -0.1) is 5.10 Å². The summed E-state index contributed by atoms with van der Waals surface area (Å²) >= 11 is 1.21. The van der Waals surface area contributed by atoms with Gasteiger partial charge in [0.25, 0.3) is 0 Å². The molecular weight excluding hydrogens is 290 g/mol. The van der Waals surface area contributed by atoms with Crippen LogP contribution in [-0.2, 0) is 11.8 Å². The van der Waals surface area contributed by atoms with Gasteiger partial charge in [-0.3, -0.25) is 9.36 Å². The molecule has 0 aliphatic rings. The third kappa shape index (κ3) is 3.46. The highest BCUT2D eigenvalue weighted by molar-refractivity contribution is 8.00. The fraction of sp³-hybridized carbons (Fsp3) is 0.308. The molecule has 1 amide bonds. The first-order valence-corrected chi connectivity index (χ1v) is 7.21. The second kappa shape index (κ2) is 6.04. The molecule has 0 saturated heterocycles. The fourth-order valence-corrected chi connectivity index (χ4v) is 2.53. The van der Waals surface area contributed by atoms with Crippen LogP contribution in [0.5, 0.6) is 0 Å². The van der Waals surface area contributed by atoms with E-state index in [0.29, 0.717) is 10.8 Å². The summed E-state index contributed by atoms with van der Waals surface area (Å²) in [5.74, 6) is -0.164. The van der Waals surface area contributed by atoms with E-state index in [1.54, 1.807) is 32.2 Å². The molecule has 0 radical (unpaired) electrons. The van der Waals surface area contributed by atoms with E-state index in [9.17, 15) is 9.59 Å². The number of nitrogens with two attached hydrogens (primary N) is 1. The van der Waals surface area contributed by atoms with Gasteiger partial charge in [0.15, 0.2) is 5.16 Å². The monoisotopic (exact) mass is 307 g/mol. The molecule has 1 atom stereocenters. The summed E-state index contributed by atoms with van der Waals surface area (Å²) in [7, 11) is 1.60. The van der Waals surface area contributed by atoms with Crippen LogP contribution in [0.2, 0.25) is 0 Å². The first-order chi connectivity index (χ1) is 9.88. The van der Waals surface area contributed by atoms with Crippen LogP contribution in [0.25, 0.3) is 0 Å². The number of hydrogen-bond acceptors (Lipinski definition) is 5. The molecule has 1 aromatic heterocycles. The molecule has 0 aliphatic carbocycles. The number of amides is 1. The van der Waals surface area contributed by atoms with Gasteiger partial charge in [0.05, 0.1) is 5.25 Å². The molecule has 0 fully saturated rings. The zero-order chi connectivity index (χ0) is 15.6. The van der Waals surface area contributed by atoms with E-state index in [4.69, 9.17) is 5.73 Å². The van der Waals surface area contributed by atoms with Crippen molar-refractivity contribution in [3.63, 3.8) is 0 Å². The van der Waals surface area contributed by atoms with Crippen LogP contribution in [0.1, 0.15) is 12.5 Å². The first-order valence-electron chi connectivity index (χ1n) is 6.33. The number of anilines is 2. The Labute approximate surface area is 125 Å². The van der Waals surface area contributed by atoms with Crippen LogP contribution in [0.15, 0.2) is 28.2 Å². The zero-order valence-electron chi connectivity index (χ0n) is 12.0. The SMILES string of the molecule is Cc1cc(N)ccc1NC(=O)C(C)Sc1n[nH]c(=O)n1C. The molecule has 1 aromatic carbocycles. The number of rotatable bonds is 4. The molecular formula is C13H17N5O2S. The zero-order valence-corrected chi connectivity index (χ0v) is 12.8. The summed E-state index contributed by atoms with van der Waals surface area (Å²) in [6.07, 6.45) is 0. The van der Waals surface area contributed by atoms with Crippen LogP contribution in [-0.4, -0.2) is 25.9 Å². The lowest BCUT2D eigenvalue weighted by Crippen LogP contribution is -2.23. The Morgan fingerprint density at radius 3 is 2.81 bits per heavy atom. The Bertz CT molecular complexity index is 722. The van der Waals surface area contributed by atoms with E-state index in [0.717, 1.165) is 11.3 Å². The minimum Gasteiger partial charge on any atom is -0.399 e. The van der Waals surface area contributed by atoms with Crippen molar-refractivity contribution >= 4 is 29.0 Å². The standard InChI is InChI=1S/C13H17N5O2S/c1-7-6-9(14)4-5-10(7)15-11(19)8(2)21-13-17-16-12(20)18(13)3/h4-6,8H,14H2,1-3H3,(H,15,19)(H,16,20). The number of aryl methyl sites for hydroxylation is 1. The molecule has 1 unspecified atom stereocenters. The highest BCUT2D eigenvalue weighted by Gasteiger charge is 2.18. The van der Waals surface area contributed by atoms with Gasteiger partial charge in [-0.05, 0) is 37.6 Å². The van der Waals surface area contributed by atoms with E-state index < -0.39 is 5.25 Å². The number of carbonyl (C=O) groups excluding carboxylic acids is 1. The Morgan fingerprint density at radius 1 is 1.52 bits per heavy atom. The molecule has 1 heterocycles. The molecule has 0 bridgehead atoms. The maximum Gasteiger partial charge on any atom is 0.343 e. The lowest BCUT2D eigenvalue weighted by molar-refractivity contribution is -0.115. The number of benzene rings is 1. The molecule has 2 rings (SSSR count). The fourth-order valence-electron chi connectivity index (χ4n) is 1.71. The average Bonchev–Trinajstić information content (AvgIpc) is 2.73. The lowest BCUT2D eigenvalue weighted by Gasteiger charge is -2.13. The van der Waals surface area contributed by atoms with E-state index in [1.807, 2.05) is 6.92 Å². The molecule has 4 N–H and O–H groups in total. The highest BCUT2D eigenvalue weighted by atomic mass is 32.2. The molecule has 112 valence electrons. The Hall–Kier alpha value is -2.22. The number of aromatic nitrogens is 3. The Morgan fingerprint density at radius 2 is 2.24 bits per heavy atom. The molecule has 21 heavy (non-hydrogen) atoms. The van der Waals surface area contributed by atoms with Gasteiger partial charge in [0.1, 0.15) is 0 Å². The predicted octanol–water partition coefficient (Wildman–Crippen LogP) is 1.12. The van der Waals surface area contributed by atoms with E-state index in [-0.39, 0.29) is 11.6 Å². The summed E-state index contributed by atoms with van der Waals surface area (Å²) in [5, 5.41) is 9.12. The van der Waals surface area contributed by atoms with Gasteiger partial charge in [0, 0.05) is 18.4 Å². The number of nitrogen functional groups attached to an aromatic ring is 1. The van der Waals surface area contributed by atoms with Crippen LogP contribution < -0.4 is 16.7 Å². The Balaban J connectivity index is 2.06. The summed E-state index contributed by atoms with van der Waals surface area (Å²) in [6.45, 7) is 3.63. The topological polar surface area (TPSA) is 106 Å². The van der Waals surface area contributed by atoms with Crippen molar-refractivity contribution in [3.8, 4) is 0 Å². The molecule has 0 saturated carbocycles. The van der Waals surface area contributed by atoms with Gasteiger partial charge in [0.2, 0.25) is 5.91 Å². The van der Waals surface area contributed by atoms with Crippen LogP contribution in [0.3, 0.4) is 0 Å². The maximum atomic E-state index is 12.2. The molecule has 2 aromatic rings. The minimum atomic E-state index is -0.393. The predicted molar refractivity (Wildman–Crippen MR) is 83.4 cm³/mol. The number of hydrogen-bond donors (Lipinski definition) is 3. The van der Waals surface area contributed by atoms with Crippen molar-refractivity contribution in [2.45, 2.75) is 24.3 Å². The van der Waals surface area contributed by atoms with E-state index in [2.05, 4.69) is 15.5 Å². The smallest absolute Gasteiger partial charge is 0.343 e. The van der Waals surface area contributed by atoms with Crippen molar-refractivity contribution in [1.82, 2.24) is 14.8 Å². The number of aromatic amines is 1. The van der Waals surface area contributed by atoms with Crippen molar-refractivity contribution in [1.29, 1.82) is 0 Å². The number of carbonyl (C=O) groups is 1. The minimum absolute atomic E-state index is 0.164. The van der Waals surface area contributed by atoms with Crippen LogP contribution in [0, 0.1) is 6.92 Å². The van der Waals surface area contributed by atoms with Gasteiger partial charge >= 0.3 is 5.69 Å². The van der Waals surface area contributed by atoms with Gasteiger partial charge in [-0.1, -0.05) is 11.8 Å². The summed E-state index contributed by atoms with van der Waals surface area (Å²) in [5.41, 5.74) is 7.64. The summed E-state index contributed by atoms with van der Waals surface area (Å²) < 4.78 is 1.36. The van der Waals surface area contributed by atoms with Gasteiger partial charge in [-0.2, -0.15) is 0 Å². The van der Waals surface area contributed by atoms with E-state index >= 15 is 0 Å². The highest BCUT2D eigenvalue weighted by Crippen LogP contribution is 2.22. The quantitative estimate of drug-likeness (QED) is 0.580. The first kappa shape index (κ1) is 15.2. The van der Waals surface area contributed by atoms with Crippen LogP contribution >= 0.6 is 11.8 Å². The molecule has 0 aliphatic heterocycles. The summed E-state index contributed by atoms with van der Waals surface area (Å²) in [4.78, 5) is 23.5. The second-order valence-electron chi connectivity index (χ2n) is 4.69. The lowest BCUT2D eigenvalue weighted by atomic mass is 10.2. The molecule has 0 spiro atoms. The van der Waals surface area contributed by atoms with Crippen molar-refractivity contribution in [2.75, 3.05) is 11.1 Å². The maximum absolute atomic E-state index is 12.2. The number of H-pyrrole nitrogens is 1. The molecule has 7 nitrogen and oxygen atoms in total. The number of nitrogens with one attached hydrogen (secondary N) is 2. The number of nitrogens with zero attached hydrogens (tertiary/aromatic N) is 2. The largest absolute Gasteiger partial charge is 0.399 e. The average molecular weight is 307 g/mol. The Kier molecular flexibility index (Phi) is 4.37. The van der Waals surface area contributed by atoms with Crippen molar-refractivity contribution in [2.24, 2.45) is 7.05 Å². The number of thioether (sulfide) groups is 1. The molecule has 8 heteroatoms. The second-order valence-corrected chi connectivity index (χ2v) is 6.00. The van der Waals surface area contributed by atoms with E-state index in [1.165, 1.54) is 16.3 Å². The van der Waals surface area contributed by atoms with Crippen molar-refractivity contribution in [3.05, 3.63) is 34.2 Å². The van der Waals surface area contributed by atoms with Gasteiger partial charge < -0.3 is 11.1 Å².